The zero-order chi connectivity index (χ0) is 13.8. The summed E-state index contributed by atoms with van der Waals surface area (Å²) in [5, 5.41) is 13.4. The van der Waals surface area contributed by atoms with Crippen molar-refractivity contribution in [1.29, 1.82) is 0 Å². The topological polar surface area (TPSA) is 111 Å². The first kappa shape index (κ1) is 12.6. The normalized spacial score (nSPS) is 10.1. The Kier molecular flexibility index (Phi) is 3.46. The van der Waals surface area contributed by atoms with Gasteiger partial charge in [-0.05, 0) is 30.3 Å². The van der Waals surface area contributed by atoms with Gasteiger partial charge in [-0.1, -0.05) is 0 Å². The van der Waals surface area contributed by atoms with Gasteiger partial charge < -0.3 is 15.5 Å². The lowest BCUT2D eigenvalue weighted by Crippen LogP contribution is -2.10. The summed E-state index contributed by atoms with van der Waals surface area (Å²) in [6, 6.07) is 9.40. The quantitative estimate of drug-likeness (QED) is 0.630. The molecule has 0 radical (unpaired) electrons. The third kappa shape index (κ3) is 3.09. The second-order valence-corrected chi connectivity index (χ2v) is 3.79. The van der Waals surface area contributed by atoms with E-state index in [9.17, 15) is 14.9 Å². The summed E-state index contributed by atoms with van der Waals surface area (Å²) in [6.07, 6.45) is 0. The zero-order valence-corrected chi connectivity index (χ0v) is 9.83. The predicted octanol–water partition coefficient (Wildman–Crippen LogP) is 1.90. The third-order valence-electron chi connectivity index (χ3n) is 2.46. The molecule has 0 unspecified atom stereocenters. The third-order valence-corrected chi connectivity index (χ3v) is 2.46. The van der Waals surface area contributed by atoms with E-state index in [0.717, 1.165) is 5.69 Å². The number of carbonyl (C=O) groups is 1. The number of hydrogen-bond donors (Lipinski definition) is 2. The maximum atomic E-state index is 10.9. The average Bonchev–Trinajstić information content (AvgIpc) is 2.86. The number of nitrogens with one attached hydrogen (secondary N) is 1. The number of rotatable bonds is 5. The fourth-order valence-electron chi connectivity index (χ4n) is 1.50. The van der Waals surface area contributed by atoms with Crippen molar-refractivity contribution in [2.45, 2.75) is 6.54 Å². The molecule has 0 saturated carbocycles. The first-order valence-corrected chi connectivity index (χ1v) is 5.43. The number of nitrogens with zero attached hydrogens (tertiary/aromatic N) is 1. The molecule has 98 valence electrons. The van der Waals surface area contributed by atoms with Gasteiger partial charge in [0.05, 0.1) is 12.6 Å². The molecule has 0 atom stereocenters. The Morgan fingerprint density at radius 1 is 1.26 bits per heavy atom. The maximum absolute atomic E-state index is 10.9. The summed E-state index contributed by atoms with van der Waals surface area (Å²) in [6.45, 7) is 0.309. The van der Waals surface area contributed by atoms with Crippen LogP contribution in [-0.2, 0) is 6.54 Å². The molecule has 2 aromatic rings. The van der Waals surface area contributed by atoms with Crippen molar-refractivity contribution in [1.82, 2.24) is 0 Å². The molecule has 0 aliphatic rings. The number of anilines is 1. The molecule has 0 bridgehead atoms. The number of nitro groups is 1. The molecule has 0 fully saturated rings. The Hall–Kier alpha value is -2.83. The smallest absolute Gasteiger partial charge is 0.404 e. The second-order valence-electron chi connectivity index (χ2n) is 3.79. The van der Waals surface area contributed by atoms with Crippen LogP contribution >= 0.6 is 0 Å². The van der Waals surface area contributed by atoms with Gasteiger partial charge in [0, 0.05) is 11.3 Å². The van der Waals surface area contributed by atoms with E-state index in [1.54, 1.807) is 24.3 Å². The monoisotopic (exact) mass is 261 g/mol. The number of benzene rings is 1. The molecule has 0 aliphatic heterocycles. The van der Waals surface area contributed by atoms with Gasteiger partial charge in [0.2, 0.25) is 5.91 Å². The standard InChI is InChI=1S/C12H11N3O4/c13-12(16)8-1-3-9(4-2-8)14-7-10-5-6-11(19-10)15(17)18/h1-6,14H,7H2,(H2,13,16). The van der Waals surface area contributed by atoms with Gasteiger partial charge in [-0.2, -0.15) is 0 Å². The Bertz CT molecular complexity index is 604. The highest BCUT2D eigenvalue weighted by Gasteiger charge is 2.11. The minimum absolute atomic E-state index is 0.291. The molecular weight excluding hydrogens is 250 g/mol. The summed E-state index contributed by atoms with van der Waals surface area (Å²) < 4.78 is 4.99. The van der Waals surface area contributed by atoms with Gasteiger partial charge in [-0.15, -0.1) is 0 Å². The lowest BCUT2D eigenvalue weighted by molar-refractivity contribution is -0.402. The molecule has 2 rings (SSSR count). The first-order chi connectivity index (χ1) is 9.06. The van der Waals surface area contributed by atoms with Crippen molar-refractivity contribution in [3.8, 4) is 0 Å². The van der Waals surface area contributed by atoms with E-state index >= 15 is 0 Å². The molecule has 1 aromatic carbocycles. The van der Waals surface area contributed by atoms with Crippen molar-refractivity contribution in [2.24, 2.45) is 5.73 Å². The molecule has 1 amide bonds. The Balaban J connectivity index is 1.97. The van der Waals surface area contributed by atoms with E-state index in [0.29, 0.717) is 17.9 Å². The Morgan fingerprint density at radius 2 is 1.95 bits per heavy atom. The molecule has 19 heavy (non-hydrogen) atoms. The highest BCUT2D eigenvalue weighted by atomic mass is 16.6. The van der Waals surface area contributed by atoms with Crippen LogP contribution in [0.5, 0.6) is 0 Å². The number of nitrogens with two attached hydrogens (primary N) is 1. The lowest BCUT2D eigenvalue weighted by Gasteiger charge is -2.04. The Labute approximate surface area is 108 Å². The summed E-state index contributed by atoms with van der Waals surface area (Å²) >= 11 is 0. The maximum Gasteiger partial charge on any atom is 0.433 e. The van der Waals surface area contributed by atoms with Crippen molar-refractivity contribution in [3.63, 3.8) is 0 Å². The van der Waals surface area contributed by atoms with Gasteiger partial charge in [0.15, 0.2) is 0 Å². The number of amides is 1. The van der Waals surface area contributed by atoms with Gasteiger partial charge in [0.1, 0.15) is 10.7 Å². The van der Waals surface area contributed by atoms with Gasteiger partial charge in [-0.25, -0.2) is 0 Å². The minimum Gasteiger partial charge on any atom is -0.404 e. The molecule has 1 aromatic heterocycles. The Morgan fingerprint density at radius 3 is 2.47 bits per heavy atom. The van der Waals surface area contributed by atoms with Crippen molar-refractivity contribution < 1.29 is 14.1 Å². The molecule has 7 heteroatoms. The van der Waals surface area contributed by atoms with Crippen LogP contribution in [0.4, 0.5) is 11.6 Å². The summed E-state index contributed by atoms with van der Waals surface area (Å²) in [4.78, 5) is 20.7. The first-order valence-electron chi connectivity index (χ1n) is 5.43. The highest BCUT2D eigenvalue weighted by Crippen LogP contribution is 2.17. The highest BCUT2D eigenvalue weighted by molar-refractivity contribution is 5.93. The van der Waals surface area contributed by atoms with Crippen LogP contribution in [0.15, 0.2) is 40.8 Å². The van der Waals surface area contributed by atoms with Gasteiger partial charge in [-0.3, -0.25) is 14.9 Å². The van der Waals surface area contributed by atoms with E-state index in [1.807, 2.05) is 0 Å². The van der Waals surface area contributed by atoms with Crippen LogP contribution in [0.2, 0.25) is 0 Å². The molecule has 0 saturated heterocycles. The number of carbonyl (C=O) groups excluding carboxylic acids is 1. The number of hydrogen-bond acceptors (Lipinski definition) is 5. The zero-order valence-electron chi connectivity index (χ0n) is 9.83. The second kappa shape index (κ2) is 5.21. The fraction of sp³-hybridized carbons (Fsp3) is 0.0833. The largest absolute Gasteiger partial charge is 0.433 e. The van der Waals surface area contributed by atoms with Crippen molar-refractivity contribution in [3.05, 3.63) is 57.8 Å². The number of furan rings is 1. The van der Waals surface area contributed by atoms with E-state index in [4.69, 9.17) is 10.2 Å². The summed E-state index contributed by atoms with van der Waals surface area (Å²) in [7, 11) is 0. The molecule has 7 nitrogen and oxygen atoms in total. The van der Waals surface area contributed by atoms with E-state index in [-0.39, 0.29) is 5.88 Å². The van der Waals surface area contributed by atoms with Crippen LogP contribution in [0.1, 0.15) is 16.1 Å². The molecule has 3 N–H and O–H groups in total. The molecular formula is C12H11N3O4. The van der Waals surface area contributed by atoms with Crippen LogP contribution in [0.3, 0.4) is 0 Å². The molecule has 1 heterocycles. The fourth-order valence-corrected chi connectivity index (χ4v) is 1.50. The predicted molar refractivity (Wildman–Crippen MR) is 67.6 cm³/mol. The summed E-state index contributed by atoms with van der Waals surface area (Å²) in [5.41, 5.74) is 6.29. The van der Waals surface area contributed by atoms with E-state index in [1.165, 1.54) is 12.1 Å². The van der Waals surface area contributed by atoms with Crippen LogP contribution in [0, 0.1) is 10.1 Å². The minimum atomic E-state index is -0.592. The van der Waals surface area contributed by atoms with E-state index in [2.05, 4.69) is 5.32 Å². The lowest BCUT2D eigenvalue weighted by atomic mass is 10.2. The average molecular weight is 261 g/mol. The summed E-state index contributed by atoms with van der Waals surface area (Å²) in [5.74, 6) is -0.334. The van der Waals surface area contributed by atoms with Crippen molar-refractivity contribution >= 4 is 17.5 Å². The van der Waals surface area contributed by atoms with Gasteiger partial charge in [0.25, 0.3) is 0 Å². The van der Waals surface area contributed by atoms with Gasteiger partial charge >= 0.3 is 5.88 Å². The number of primary amides is 1. The van der Waals surface area contributed by atoms with Crippen LogP contribution in [-0.4, -0.2) is 10.8 Å². The SMILES string of the molecule is NC(=O)c1ccc(NCc2ccc([N+](=O)[O-])o2)cc1. The van der Waals surface area contributed by atoms with Crippen LogP contribution in [0.25, 0.3) is 0 Å². The molecule has 0 spiro atoms. The van der Waals surface area contributed by atoms with Crippen molar-refractivity contribution in [2.75, 3.05) is 5.32 Å². The molecule has 0 aliphatic carbocycles. The van der Waals surface area contributed by atoms with Crippen LogP contribution < -0.4 is 11.1 Å². The van der Waals surface area contributed by atoms with E-state index < -0.39 is 10.8 Å².